The fourth-order valence-electron chi connectivity index (χ4n) is 2.13. The van der Waals surface area contributed by atoms with Gasteiger partial charge in [-0.1, -0.05) is 30.3 Å². The molecule has 3 N–H and O–H groups in total. The number of nitrogens with zero attached hydrogens (tertiary/aromatic N) is 1. The molecule has 0 spiro atoms. The molecular weight excluding hydrogens is 358 g/mol. The lowest BCUT2D eigenvalue weighted by Crippen LogP contribution is -2.15. The van der Waals surface area contributed by atoms with Crippen LogP contribution in [0.3, 0.4) is 0 Å². The molecule has 0 saturated carbocycles. The van der Waals surface area contributed by atoms with Gasteiger partial charge in [-0.05, 0) is 11.8 Å². The summed E-state index contributed by atoms with van der Waals surface area (Å²) in [6.45, 7) is 0. The number of nitrogens with one attached hydrogen (secondary N) is 1. The second kappa shape index (κ2) is 8.37. The lowest BCUT2D eigenvalue weighted by Gasteiger charge is -2.10. The maximum Gasteiger partial charge on any atom is 0.351 e. The third kappa shape index (κ3) is 4.02. The zero-order valence-corrected chi connectivity index (χ0v) is 15.2. The standard InChI is InChI=1S/C17H15N3O3S2/c1-23-17(22)11(8-18)15(24-2)20-16-13(14(19)21)12(9-25-16)10-6-4-3-5-7-10/h3-7,9,20H,1-2H3,(H2,19,21)/b15-11-. The molecule has 8 heteroatoms. The Labute approximate surface area is 153 Å². The zero-order chi connectivity index (χ0) is 18.4. The third-order valence-corrected chi connectivity index (χ3v) is 4.89. The zero-order valence-electron chi connectivity index (χ0n) is 13.5. The first kappa shape index (κ1) is 18.6. The van der Waals surface area contributed by atoms with E-state index in [4.69, 9.17) is 5.73 Å². The van der Waals surface area contributed by atoms with Gasteiger partial charge in [-0.15, -0.1) is 23.1 Å². The molecule has 0 atom stereocenters. The van der Waals surface area contributed by atoms with Crippen LogP contribution in [0.5, 0.6) is 0 Å². The molecule has 1 aromatic carbocycles. The summed E-state index contributed by atoms with van der Waals surface area (Å²) < 4.78 is 4.62. The minimum atomic E-state index is -0.750. The minimum Gasteiger partial charge on any atom is -0.465 e. The average Bonchev–Trinajstić information content (AvgIpc) is 3.05. The topological polar surface area (TPSA) is 105 Å². The Morgan fingerprint density at radius 2 is 2.00 bits per heavy atom. The number of thiophene rings is 1. The van der Waals surface area contributed by atoms with Crippen LogP contribution in [0.25, 0.3) is 11.1 Å². The highest BCUT2D eigenvalue weighted by Gasteiger charge is 2.21. The van der Waals surface area contributed by atoms with E-state index in [1.54, 1.807) is 11.6 Å². The van der Waals surface area contributed by atoms with Crippen LogP contribution >= 0.6 is 23.1 Å². The van der Waals surface area contributed by atoms with E-state index < -0.39 is 11.9 Å². The van der Waals surface area contributed by atoms with Crippen molar-refractivity contribution in [2.45, 2.75) is 0 Å². The first-order chi connectivity index (χ1) is 12.0. The number of primary amides is 1. The van der Waals surface area contributed by atoms with Gasteiger partial charge >= 0.3 is 5.97 Å². The number of rotatable bonds is 6. The lowest BCUT2D eigenvalue weighted by molar-refractivity contribution is -0.135. The molecule has 25 heavy (non-hydrogen) atoms. The summed E-state index contributed by atoms with van der Waals surface area (Å²) in [7, 11) is 1.20. The summed E-state index contributed by atoms with van der Waals surface area (Å²) in [5.41, 5.74) is 7.24. The van der Waals surface area contributed by atoms with Crippen LogP contribution in [0.15, 0.2) is 46.3 Å². The predicted molar refractivity (Wildman–Crippen MR) is 100 cm³/mol. The first-order valence-electron chi connectivity index (χ1n) is 7.03. The number of esters is 1. The van der Waals surface area contributed by atoms with Gasteiger partial charge in [0.25, 0.3) is 5.91 Å². The van der Waals surface area contributed by atoms with E-state index >= 15 is 0 Å². The van der Waals surface area contributed by atoms with Gasteiger partial charge in [-0.2, -0.15) is 5.26 Å². The molecule has 2 rings (SSSR count). The van der Waals surface area contributed by atoms with Crippen LogP contribution in [0, 0.1) is 11.3 Å². The maximum absolute atomic E-state index is 12.0. The number of hydrogen-bond donors (Lipinski definition) is 2. The number of anilines is 1. The first-order valence-corrected chi connectivity index (χ1v) is 9.14. The maximum atomic E-state index is 12.0. The van der Waals surface area contributed by atoms with Crippen molar-refractivity contribution < 1.29 is 14.3 Å². The molecule has 1 heterocycles. The second-order valence-electron chi connectivity index (χ2n) is 4.72. The number of nitriles is 1. The highest BCUT2D eigenvalue weighted by Crippen LogP contribution is 2.37. The Morgan fingerprint density at radius 1 is 1.32 bits per heavy atom. The number of thioether (sulfide) groups is 1. The summed E-state index contributed by atoms with van der Waals surface area (Å²) in [6, 6.07) is 11.2. The summed E-state index contributed by atoms with van der Waals surface area (Å²) >= 11 is 2.44. The van der Waals surface area contributed by atoms with Crippen LogP contribution in [0.4, 0.5) is 5.00 Å². The number of carbonyl (C=O) groups excluding carboxylic acids is 2. The molecule has 0 fully saturated rings. The van der Waals surface area contributed by atoms with Crippen LogP contribution in [0.1, 0.15) is 10.4 Å². The molecule has 0 bridgehead atoms. The quantitative estimate of drug-likeness (QED) is 0.458. The fourth-order valence-corrected chi connectivity index (χ4v) is 3.72. The molecule has 0 aliphatic carbocycles. The molecule has 6 nitrogen and oxygen atoms in total. The van der Waals surface area contributed by atoms with E-state index in [-0.39, 0.29) is 5.57 Å². The molecule has 0 aliphatic heterocycles. The molecular formula is C17H15N3O3S2. The van der Waals surface area contributed by atoms with Gasteiger partial charge in [0.05, 0.1) is 17.7 Å². The van der Waals surface area contributed by atoms with Crippen LogP contribution in [0.2, 0.25) is 0 Å². The minimum absolute atomic E-state index is 0.167. The molecule has 0 unspecified atom stereocenters. The average molecular weight is 373 g/mol. The number of methoxy groups -OCH3 is 1. The van der Waals surface area contributed by atoms with Crippen LogP contribution in [-0.4, -0.2) is 25.2 Å². The number of carbonyl (C=O) groups is 2. The van der Waals surface area contributed by atoms with E-state index in [0.717, 1.165) is 5.56 Å². The summed E-state index contributed by atoms with van der Waals surface area (Å²) in [4.78, 5) is 23.7. The van der Waals surface area contributed by atoms with Gasteiger partial charge in [0.15, 0.2) is 5.57 Å². The molecule has 1 aromatic heterocycles. The Hall–Kier alpha value is -2.76. The second-order valence-corrected chi connectivity index (χ2v) is 6.42. The smallest absolute Gasteiger partial charge is 0.351 e. The van der Waals surface area contributed by atoms with Crippen molar-refractivity contribution >= 4 is 40.0 Å². The Bertz CT molecular complexity index is 867. The highest BCUT2D eigenvalue weighted by molar-refractivity contribution is 8.02. The van der Waals surface area contributed by atoms with Crippen molar-refractivity contribution in [1.29, 1.82) is 5.26 Å². The largest absolute Gasteiger partial charge is 0.465 e. The molecule has 0 radical (unpaired) electrons. The molecule has 0 aliphatic rings. The number of amides is 1. The Kier molecular flexibility index (Phi) is 6.22. The van der Waals surface area contributed by atoms with E-state index in [1.165, 1.54) is 30.2 Å². The number of hydrogen-bond acceptors (Lipinski definition) is 7. The van der Waals surface area contributed by atoms with Crippen molar-refractivity contribution in [3.8, 4) is 17.2 Å². The summed E-state index contributed by atoms with van der Waals surface area (Å²) in [6.07, 6.45) is 1.71. The van der Waals surface area contributed by atoms with Gasteiger partial charge in [-0.25, -0.2) is 4.79 Å². The predicted octanol–water partition coefficient (Wildman–Crippen LogP) is 3.20. The molecule has 1 amide bonds. The van der Waals surface area contributed by atoms with E-state index in [2.05, 4.69) is 10.1 Å². The van der Waals surface area contributed by atoms with Crippen LogP contribution < -0.4 is 11.1 Å². The molecule has 0 saturated heterocycles. The molecule has 2 aromatic rings. The number of benzene rings is 1. The van der Waals surface area contributed by atoms with Crippen molar-refractivity contribution in [3.63, 3.8) is 0 Å². The monoisotopic (exact) mass is 373 g/mol. The summed E-state index contributed by atoms with van der Waals surface area (Å²) in [5, 5.41) is 14.8. The fraction of sp³-hybridized carbons (Fsp3) is 0.118. The highest BCUT2D eigenvalue weighted by atomic mass is 32.2. The number of nitrogens with two attached hydrogens (primary N) is 1. The van der Waals surface area contributed by atoms with Gasteiger partial charge in [0.2, 0.25) is 0 Å². The lowest BCUT2D eigenvalue weighted by atomic mass is 10.0. The van der Waals surface area contributed by atoms with Crippen molar-refractivity contribution in [3.05, 3.63) is 51.9 Å². The normalized spacial score (nSPS) is 11.2. The van der Waals surface area contributed by atoms with E-state index in [1.807, 2.05) is 36.4 Å². The van der Waals surface area contributed by atoms with Gasteiger partial charge in [0, 0.05) is 10.9 Å². The summed E-state index contributed by atoms with van der Waals surface area (Å²) in [5.74, 6) is -1.35. The van der Waals surface area contributed by atoms with Crippen molar-refractivity contribution in [1.82, 2.24) is 0 Å². The SMILES string of the molecule is COC(=O)/C(C#N)=C(/Nc1scc(-c2ccccc2)c1C(N)=O)SC. The third-order valence-electron chi connectivity index (χ3n) is 3.28. The van der Waals surface area contributed by atoms with E-state index in [9.17, 15) is 14.9 Å². The van der Waals surface area contributed by atoms with Crippen molar-refractivity contribution in [2.24, 2.45) is 5.73 Å². The molecule has 128 valence electrons. The Morgan fingerprint density at radius 3 is 2.52 bits per heavy atom. The van der Waals surface area contributed by atoms with Gasteiger partial charge in [0.1, 0.15) is 11.1 Å². The van der Waals surface area contributed by atoms with Crippen molar-refractivity contribution in [2.75, 3.05) is 18.7 Å². The van der Waals surface area contributed by atoms with E-state index in [0.29, 0.717) is 21.2 Å². The number of ether oxygens (including phenoxy) is 1. The van der Waals surface area contributed by atoms with Gasteiger partial charge < -0.3 is 15.8 Å². The van der Waals surface area contributed by atoms with Gasteiger partial charge in [-0.3, -0.25) is 4.79 Å². The Balaban J connectivity index is 2.52. The van der Waals surface area contributed by atoms with Crippen LogP contribution in [-0.2, 0) is 9.53 Å².